The maximum Gasteiger partial charge on any atom is 0.0597 e. The topological polar surface area (TPSA) is 25.8 Å². The molecule has 0 aliphatic carbocycles. The van der Waals surface area contributed by atoms with E-state index in [1.807, 2.05) is 6.20 Å². The van der Waals surface area contributed by atoms with Crippen molar-refractivity contribution < 1.29 is 0 Å². The number of alkyl halides is 1. The highest BCUT2D eigenvalue weighted by Crippen LogP contribution is 2.16. The number of aromatic nitrogens is 2. The van der Waals surface area contributed by atoms with Gasteiger partial charge < -0.3 is 0 Å². The summed E-state index contributed by atoms with van der Waals surface area (Å²) in [5.41, 5.74) is 1.06. The molecule has 2 nitrogen and oxygen atoms in total. The van der Waals surface area contributed by atoms with Crippen LogP contribution in [0.4, 0.5) is 0 Å². The van der Waals surface area contributed by atoms with Crippen molar-refractivity contribution in [3.05, 3.63) is 24.3 Å². The second-order valence-electron chi connectivity index (χ2n) is 3.63. The van der Waals surface area contributed by atoms with E-state index in [9.17, 15) is 0 Å². The predicted molar refractivity (Wildman–Crippen MR) is 57.9 cm³/mol. The molecule has 1 heterocycles. The van der Waals surface area contributed by atoms with Crippen LogP contribution in [0.5, 0.6) is 0 Å². The van der Waals surface area contributed by atoms with Gasteiger partial charge in [0.05, 0.1) is 5.69 Å². The predicted octanol–water partition coefficient (Wildman–Crippen LogP) is 2.83. The van der Waals surface area contributed by atoms with E-state index in [-0.39, 0.29) is 0 Å². The van der Waals surface area contributed by atoms with Gasteiger partial charge in [0.15, 0.2) is 0 Å². The molecule has 0 saturated carbocycles. The van der Waals surface area contributed by atoms with Crippen molar-refractivity contribution in [1.29, 1.82) is 0 Å². The third-order valence-corrected chi connectivity index (χ3v) is 2.47. The summed E-state index contributed by atoms with van der Waals surface area (Å²) >= 11 is 3.65. The molecule has 0 spiro atoms. The molecule has 0 radical (unpaired) electrons. The molecule has 1 aromatic heterocycles. The quantitative estimate of drug-likeness (QED) is 0.760. The second-order valence-corrected chi connectivity index (χ2v) is 4.92. The largest absolute Gasteiger partial charge is 0.261 e. The van der Waals surface area contributed by atoms with Gasteiger partial charge in [-0.25, -0.2) is 0 Å². The second kappa shape index (κ2) is 5.32. The fourth-order valence-corrected chi connectivity index (χ4v) is 2.34. The lowest BCUT2D eigenvalue weighted by molar-refractivity contribution is 0.568. The maximum absolute atomic E-state index is 4.23. The first kappa shape index (κ1) is 10.6. The summed E-state index contributed by atoms with van der Waals surface area (Å²) in [4.78, 5) is 8.78. The Balaban J connectivity index is 2.41. The number of rotatable bonds is 4. The van der Waals surface area contributed by atoms with Crippen LogP contribution in [0.2, 0.25) is 0 Å². The van der Waals surface area contributed by atoms with Gasteiger partial charge >= 0.3 is 0 Å². The molecule has 0 aromatic carbocycles. The van der Waals surface area contributed by atoms with Crippen LogP contribution in [-0.2, 0) is 6.42 Å². The Hall–Kier alpha value is -0.440. The van der Waals surface area contributed by atoms with Crippen molar-refractivity contribution in [3.63, 3.8) is 0 Å². The number of halogens is 1. The Morgan fingerprint density at radius 2 is 2.15 bits per heavy atom. The van der Waals surface area contributed by atoms with Crippen LogP contribution in [0.25, 0.3) is 0 Å². The minimum absolute atomic E-state index is 0.518. The fraction of sp³-hybridized carbons (Fsp3) is 0.600. The Morgan fingerprint density at radius 1 is 1.38 bits per heavy atom. The van der Waals surface area contributed by atoms with Crippen LogP contribution in [0.1, 0.15) is 26.0 Å². The molecular formula is C10H15BrN2. The molecule has 1 atom stereocenters. The first-order chi connectivity index (χ1) is 6.18. The Morgan fingerprint density at radius 3 is 2.69 bits per heavy atom. The molecule has 0 saturated heterocycles. The summed E-state index contributed by atoms with van der Waals surface area (Å²) < 4.78 is 0. The van der Waals surface area contributed by atoms with E-state index in [1.165, 1.54) is 6.42 Å². The Kier molecular flexibility index (Phi) is 4.36. The lowest BCUT2D eigenvalue weighted by Crippen LogP contribution is -2.07. The molecule has 72 valence electrons. The van der Waals surface area contributed by atoms with Gasteiger partial charge in [0.25, 0.3) is 0 Å². The van der Waals surface area contributed by atoms with E-state index in [0.29, 0.717) is 4.83 Å². The minimum Gasteiger partial charge on any atom is -0.261 e. The normalized spacial score (nSPS) is 13.2. The first-order valence-electron chi connectivity index (χ1n) is 4.57. The van der Waals surface area contributed by atoms with E-state index >= 15 is 0 Å². The van der Waals surface area contributed by atoms with E-state index < -0.39 is 0 Å². The van der Waals surface area contributed by atoms with Gasteiger partial charge in [-0.1, -0.05) is 29.8 Å². The van der Waals surface area contributed by atoms with Gasteiger partial charge in [-0.3, -0.25) is 9.97 Å². The highest BCUT2D eigenvalue weighted by atomic mass is 79.9. The lowest BCUT2D eigenvalue weighted by atomic mass is 10.1. The Bertz CT molecular complexity index is 236. The van der Waals surface area contributed by atoms with Crippen LogP contribution in [-0.4, -0.2) is 14.8 Å². The van der Waals surface area contributed by atoms with Crippen LogP contribution in [0.3, 0.4) is 0 Å². The molecule has 13 heavy (non-hydrogen) atoms. The van der Waals surface area contributed by atoms with Gasteiger partial charge in [0.1, 0.15) is 0 Å². The van der Waals surface area contributed by atoms with Gasteiger partial charge in [-0.2, -0.15) is 0 Å². The lowest BCUT2D eigenvalue weighted by Gasteiger charge is -2.10. The van der Waals surface area contributed by atoms with Gasteiger partial charge in [0.2, 0.25) is 0 Å². The van der Waals surface area contributed by atoms with Crippen LogP contribution in [0.15, 0.2) is 18.6 Å². The van der Waals surface area contributed by atoms with Crippen LogP contribution in [0, 0.1) is 5.92 Å². The van der Waals surface area contributed by atoms with Crippen molar-refractivity contribution in [3.8, 4) is 0 Å². The summed E-state index contributed by atoms with van der Waals surface area (Å²) in [6.45, 7) is 4.45. The van der Waals surface area contributed by atoms with Crippen molar-refractivity contribution in [2.45, 2.75) is 31.5 Å². The van der Waals surface area contributed by atoms with Crippen molar-refractivity contribution >= 4 is 15.9 Å². The number of hydrogen-bond acceptors (Lipinski definition) is 2. The maximum atomic E-state index is 4.23. The van der Waals surface area contributed by atoms with E-state index in [4.69, 9.17) is 0 Å². The number of hydrogen-bond donors (Lipinski definition) is 0. The molecular weight excluding hydrogens is 228 g/mol. The van der Waals surface area contributed by atoms with Gasteiger partial charge in [-0.15, -0.1) is 0 Å². The molecule has 0 amide bonds. The summed E-state index contributed by atoms with van der Waals surface area (Å²) in [5, 5.41) is 0. The zero-order valence-corrected chi connectivity index (χ0v) is 9.66. The molecule has 0 fully saturated rings. The minimum atomic E-state index is 0.518. The van der Waals surface area contributed by atoms with Crippen LogP contribution < -0.4 is 0 Å². The summed E-state index contributed by atoms with van der Waals surface area (Å²) in [5.74, 6) is 0.723. The fourth-order valence-electron chi connectivity index (χ4n) is 1.26. The standard InChI is InChI=1S/C10H15BrN2/c1-8(2)5-9(11)6-10-7-12-3-4-13-10/h3-4,7-9H,5-6H2,1-2H3. The van der Waals surface area contributed by atoms with Crippen molar-refractivity contribution in [1.82, 2.24) is 9.97 Å². The molecule has 1 unspecified atom stereocenters. The monoisotopic (exact) mass is 242 g/mol. The highest BCUT2D eigenvalue weighted by Gasteiger charge is 2.08. The zero-order chi connectivity index (χ0) is 9.68. The van der Waals surface area contributed by atoms with Gasteiger partial charge in [-0.05, 0) is 12.3 Å². The molecule has 1 rings (SSSR count). The highest BCUT2D eigenvalue weighted by molar-refractivity contribution is 9.09. The Labute approximate surface area is 87.9 Å². The van der Waals surface area contributed by atoms with E-state index in [0.717, 1.165) is 18.0 Å². The average molecular weight is 243 g/mol. The van der Waals surface area contributed by atoms with Crippen LogP contribution >= 0.6 is 15.9 Å². The van der Waals surface area contributed by atoms with Gasteiger partial charge in [0, 0.05) is 29.8 Å². The van der Waals surface area contributed by atoms with Crippen molar-refractivity contribution in [2.75, 3.05) is 0 Å². The molecule has 3 heteroatoms. The molecule has 0 aliphatic rings. The number of nitrogens with zero attached hydrogens (tertiary/aromatic N) is 2. The molecule has 0 N–H and O–H groups in total. The molecule has 0 aliphatic heterocycles. The third kappa shape index (κ3) is 4.36. The summed E-state index contributed by atoms with van der Waals surface area (Å²) in [6, 6.07) is 0. The first-order valence-corrected chi connectivity index (χ1v) is 5.49. The van der Waals surface area contributed by atoms with E-state index in [2.05, 4.69) is 39.7 Å². The van der Waals surface area contributed by atoms with E-state index in [1.54, 1.807) is 12.4 Å². The smallest absolute Gasteiger partial charge is 0.0597 e. The SMILES string of the molecule is CC(C)CC(Br)Cc1cnccn1. The zero-order valence-electron chi connectivity index (χ0n) is 8.07. The molecule has 0 bridgehead atoms. The van der Waals surface area contributed by atoms with Crippen molar-refractivity contribution in [2.24, 2.45) is 5.92 Å². The summed E-state index contributed by atoms with van der Waals surface area (Å²) in [6.07, 6.45) is 7.41. The average Bonchev–Trinajstić information content (AvgIpc) is 2.04. The third-order valence-electron chi connectivity index (χ3n) is 1.77. The summed E-state index contributed by atoms with van der Waals surface area (Å²) in [7, 11) is 0. The molecule has 1 aromatic rings.